The molecule has 2 rings (SSSR count). The highest BCUT2D eigenvalue weighted by Gasteiger charge is 2.19. The maximum absolute atomic E-state index is 10.5. The number of benzene rings is 1. The lowest BCUT2D eigenvalue weighted by Crippen LogP contribution is -2.10. The summed E-state index contributed by atoms with van der Waals surface area (Å²) in [7, 11) is 1.61. The zero-order valence-corrected chi connectivity index (χ0v) is 12.6. The Morgan fingerprint density at radius 3 is 2.95 bits per heavy atom. The van der Waals surface area contributed by atoms with Gasteiger partial charge in [0.05, 0.1) is 23.5 Å². The van der Waals surface area contributed by atoms with Crippen LogP contribution in [0, 0.1) is 0 Å². The molecule has 1 N–H and O–H groups in total. The number of aliphatic hydroxyl groups is 1. The molecule has 0 fully saturated rings. The van der Waals surface area contributed by atoms with E-state index in [0.717, 1.165) is 34.4 Å². The number of methoxy groups -OCH3 is 1. The van der Waals surface area contributed by atoms with E-state index < -0.39 is 6.10 Å². The molecule has 1 atom stereocenters. The van der Waals surface area contributed by atoms with Crippen LogP contribution in [0.25, 0.3) is 0 Å². The van der Waals surface area contributed by atoms with Crippen LogP contribution in [0.4, 0.5) is 0 Å². The van der Waals surface area contributed by atoms with E-state index in [1.54, 1.807) is 13.3 Å². The van der Waals surface area contributed by atoms with Crippen LogP contribution in [-0.2, 0) is 6.54 Å². The second-order valence-electron chi connectivity index (χ2n) is 4.28. The lowest BCUT2D eigenvalue weighted by atomic mass is 10.1. The number of hydrogen-bond acceptors (Lipinski definition) is 3. The highest BCUT2D eigenvalue weighted by molar-refractivity contribution is 9.10. The summed E-state index contributed by atoms with van der Waals surface area (Å²) in [6.07, 6.45) is 1.96. The molecule has 1 heterocycles. The number of aromatic nitrogens is 2. The van der Waals surface area contributed by atoms with Gasteiger partial charge in [0.1, 0.15) is 11.9 Å². The minimum absolute atomic E-state index is 0.724. The summed E-state index contributed by atoms with van der Waals surface area (Å²) in [6.45, 7) is 2.86. The smallest absolute Gasteiger partial charge is 0.122 e. The van der Waals surface area contributed by atoms with Crippen LogP contribution >= 0.6 is 15.9 Å². The largest absolute Gasteiger partial charge is 0.497 e. The fourth-order valence-corrected chi connectivity index (χ4v) is 2.52. The van der Waals surface area contributed by atoms with Gasteiger partial charge in [-0.3, -0.25) is 4.68 Å². The molecule has 0 aliphatic heterocycles. The standard InChI is InChI=1S/C14H17BrN2O2/c1-3-7-17-13(12(15)9-16-17)14(18)10-5-4-6-11(8-10)19-2/h4-6,8-9,14,18H,3,7H2,1-2H3. The molecular weight excluding hydrogens is 308 g/mol. The summed E-state index contributed by atoms with van der Waals surface area (Å²) in [5.74, 6) is 0.731. The van der Waals surface area contributed by atoms with Gasteiger partial charge in [-0.2, -0.15) is 5.10 Å². The van der Waals surface area contributed by atoms with Crippen LogP contribution in [0.5, 0.6) is 5.75 Å². The number of rotatable bonds is 5. The molecule has 0 radical (unpaired) electrons. The van der Waals surface area contributed by atoms with Crippen LogP contribution < -0.4 is 4.74 Å². The molecule has 5 heteroatoms. The van der Waals surface area contributed by atoms with Crippen molar-refractivity contribution in [2.24, 2.45) is 0 Å². The van der Waals surface area contributed by atoms with E-state index >= 15 is 0 Å². The predicted molar refractivity (Wildman–Crippen MR) is 77.3 cm³/mol. The van der Waals surface area contributed by atoms with Crippen molar-refractivity contribution >= 4 is 15.9 Å². The van der Waals surface area contributed by atoms with Gasteiger partial charge < -0.3 is 9.84 Å². The average molecular weight is 325 g/mol. The summed E-state index contributed by atoms with van der Waals surface area (Å²) in [5, 5.41) is 14.8. The van der Waals surface area contributed by atoms with E-state index in [2.05, 4.69) is 28.0 Å². The molecule has 1 aromatic carbocycles. The molecule has 19 heavy (non-hydrogen) atoms. The minimum Gasteiger partial charge on any atom is -0.497 e. The third-order valence-corrected chi connectivity index (χ3v) is 3.55. The number of halogens is 1. The van der Waals surface area contributed by atoms with Gasteiger partial charge in [-0.1, -0.05) is 19.1 Å². The first-order valence-corrected chi connectivity index (χ1v) is 7.00. The van der Waals surface area contributed by atoms with Crippen molar-refractivity contribution in [2.45, 2.75) is 26.0 Å². The van der Waals surface area contributed by atoms with E-state index in [9.17, 15) is 5.11 Å². The molecule has 102 valence electrons. The first-order valence-electron chi connectivity index (χ1n) is 6.20. The molecule has 0 spiro atoms. The lowest BCUT2D eigenvalue weighted by molar-refractivity contribution is 0.206. The molecule has 4 nitrogen and oxygen atoms in total. The number of hydrogen-bond donors (Lipinski definition) is 1. The van der Waals surface area contributed by atoms with Gasteiger partial charge in [0.2, 0.25) is 0 Å². The normalized spacial score (nSPS) is 12.4. The van der Waals surface area contributed by atoms with E-state index in [-0.39, 0.29) is 0 Å². The SMILES string of the molecule is CCCn1ncc(Br)c1C(O)c1cccc(OC)c1. The number of nitrogens with zero attached hydrogens (tertiary/aromatic N) is 2. The summed E-state index contributed by atoms with van der Waals surface area (Å²) < 4.78 is 7.83. The highest BCUT2D eigenvalue weighted by atomic mass is 79.9. The van der Waals surface area contributed by atoms with Crippen molar-refractivity contribution in [1.82, 2.24) is 9.78 Å². The van der Waals surface area contributed by atoms with Crippen LogP contribution in [0.3, 0.4) is 0 Å². The topological polar surface area (TPSA) is 47.3 Å². The molecule has 0 bridgehead atoms. The summed E-state index contributed by atoms with van der Waals surface area (Å²) >= 11 is 3.45. The second-order valence-corrected chi connectivity index (χ2v) is 5.13. The van der Waals surface area contributed by atoms with Crippen molar-refractivity contribution in [2.75, 3.05) is 7.11 Å². The molecule has 1 unspecified atom stereocenters. The van der Waals surface area contributed by atoms with Crippen molar-refractivity contribution in [3.05, 3.63) is 46.2 Å². The van der Waals surface area contributed by atoms with Gasteiger partial charge in [0.15, 0.2) is 0 Å². The van der Waals surface area contributed by atoms with E-state index in [4.69, 9.17) is 4.74 Å². The highest BCUT2D eigenvalue weighted by Crippen LogP contribution is 2.30. The summed E-state index contributed by atoms with van der Waals surface area (Å²) in [6, 6.07) is 7.43. The van der Waals surface area contributed by atoms with Gasteiger partial charge in [0, 0.05) is 6.54 Å². The Bertz CT molecular complexity index is 554. The summed E-state index contributed by atoms with van der Waals surface area (Å²) in [4.78, 5) is 0. The molecule has 1 aromatic heterocycles. The molecule has 0 aliphatic carbocycles. The van der Waals surface area contributed by atoms with Gasteiger partial charge in [-0.05, 0) is 40.0 Å². The predicted octanol–water partition coefficient (Wildman–Crippen LogP) is 3.15. The number of aryl methyl sites for hydroxylation is 1. The Labute approximate surface area is 121 Å². The molecular formula is C14H17BrN2O2. The van der Waals surface area contributed by atoms with E-state index in [1.807, 2.05) is 28.9 Å². The Morgan fingerprint density at radius 2 is 2.26 bits per heavy atom. The van der Waals surface area contributed by atoms with Gasteiger partial charge in [-0.15, -0.1) is 0 Å². The number of ether oxygens (including phenoxy) is 1. The molecule has 2 aromatic rings. The Balaban J connectivity index is 2.37. The Morgan fingerprint density at radius 1 is 1.47 bits per heavy atom. The molecule has 0 aliphatic rings. The fourth-order valence-electron chi connectivity index (χ4n) is 2.00. The monoisotopic (exact) mass is 324 g/mol. The molecule has 0 saturated carbocycles. The minimum atomic E-state index is -0.724. The third-order valence-electron chi connectivity index (χ3n) is 2.94. The zero-order valence-electron chi connectivity index (χ0n) is 11.0. The van der Waals surface area contributed by atoms with E-state index in [1.165, 1.54) is 0 Å². The van der Waals surface area contributed by atoms with Crippen LogP contribution in [0.2, 0.25) is 0 Å². The van der Waals surface area contributed by atoms with Crippen LogP contribution in [-0.4, -0.2) is 22.0 Å². The van der Waals surface area contributed by atoms with Crippen molar-refractivity contribution in [1.29, 1.82) is 0 Å². The van der Waals surface area contributed by atoms with Crippen molar-refractivity contribution < 1.29 is 9.84 Å². The summed E-state index contributed by atoms with van der Waals surface area (Å²) in [5.41, 5.74) is 1.56. The molecule has 0 saturated heterocycles. The maximum atomic E-state index is 10.5. The van der Waals surface area contributed by atoms with Gasteiger partial charge in [0.25, 0.3) is 0 Å². The molecule has 0 amide bonds. The first kappa shape index (κ1) is 14.1. The average Bonchev–Trinajstić information content (AvgIpc) is 2.79. The third kappa shape index (κ3) is 2.98. The van der Waals surface area contributed by atoms with Gasteiger partial charge >= 0.3 is 0 Å². The maximum Gasteiger partial charge on any atom is 0.122 e. The van der Waals surface area contributed by atoms with Crippen molar-refractivity contribution in [3.63, 3.8) is 0 Å². The lowest BCUT2D eigenvalue weighted by Gasteiger charge is -2.15. The van der Waals surface area contributed by atoms with Crippen molar-refractivity contribution in [3.8, 4) is 5.75 Å². The Kier molecular flexibility index (Phi) is 4.61. The zero-order chi connectivity index (χ0) is 13.8. The number of aliphatic hydroxyl groups excluding tert-OH is 1. The quantitative estimate of drug-likeness (QED) is 0.919. The van der Waals surface area contributed by atoms with Crippen LogP contribution in [0.15, 0.2) is 34.9 Å². The first-order chi connectivity index (χ1) is 9.17. The second kappa shape index (κ2) is 6.21. The van der Waals surface area contributed by atoms with Crippen LogP contribution in [0.1, 0.15) is 30.7 Å². The fraction of sp³-hybridized carbons (Fsp3) is 0.357. The Hall–Kier alpha value is -1.33. The van der Waals surface area contributed by atoms with E-state index in [0.29, 0.717) is 0 Å². The van der Waals surface area contributed by atoms with Gasteiger partial charge in [-0.25, -0.2) is 0 Å².